The smallest absolute Gasteiger partial charge is 0.329 e. The van der Waals surface area contributed by atoms with Gasteiger partial charge in [-0.2, -0.15) is 0 Å². The van der Waals surface area contributed by atoms with Crippen LogP contribution in [0.3, 0.4) is 0 Å². The predicted molar refractivity (Wildman–Crippen MR) is 93.6 cm³/mol. The molecule has 0 heterocycles. The van der Waals surface area contributed by atoms with Gasteiger partial charge in [0.05, 0.1) is 17.2 Å². The summed E-state index contributed by atoms with van der Waals surface area (Å²) >= 11 is 5.77. The first-order valence-corrected chi connectivity index (χ1v) is 9.42. The van der Waals surface area contributed by atoms with Crippen molar-refractivity contribution in [3.05, 3.63) is 59.1 Å². The molecule has 0 aliphatic rings. The highest BCUT2D eigenvalue weighted by atomic mass is 35.5. The van der Waals surface area contributed by atoms with Gasteiger partial charge in [0.15, 0.2) is 0 Å². The van der Waals surface area contributed by atoms with Crippen molar-refractivity contribution in [2.75, 3.05) is 10.9 Å². The molecule has 0 saturated heterocycles. The van der Waals surface area contributed by atoms with Gasteiger partial charge in [-0.1, -0.05) is 11.6 Å². The predicted octanol–water partition coefficient (Wildman–Crippen LogP) is 3.77. The van der Waals surface area contributed by atoms with Gasteiger partial charge in [-0.3, -0.25) is 0 Å². The van der Waals surface area contributed by atoms with Crippen LogP contribution in [0.5, 0.6) is 0 Å². The summed E-state index contributed by atoms with van der Waals surface area (Å²) in [5, 5.41) is 0.297. The average molecular weight is 404 g/mol. The van der Waals surface area contributed by atoms with Crippen LogP contribution >= 0.6 is 11.6 Å². The summed E-state index contributed by atoms with van der Waals surface area (Å²) in [5.74, 6) is -2.75. The molecule has 9 heteroatoms. The van der Waals surface area contributed by atoms with E-state index in [4.69, 9.17) is 16.3 Å². The van der Waals surface area contributed by atoms with E-state index < -0.39 is 39.4 Å². The standard InChI is InChI=1S/C17H16ClF2NO4S/c1-3-25-17(22)11(2)21(16-10-13(19)6-9-15(16)20)26(23,24)14-7-4-12(18)5-8-14/h4-11H,3H2,1-2H3/t11-/m1/s1. The molecule has 0 fully saturated rings. The van der Waals surface area contributed by atoms with Crippen LogP contribution in [0.25, 0.3) is 0 Å². The summed E-state index contributed by atoms with van der Waals surface area (Å²) in [5.41, 5.74) is -0.597. The first-order chi connectivity index (χ1) is 12.2. The molecule has 0 N–H and O–H groups in total. The second kappa shape index (κ2) is 8.01. The van der Waals surface area contributed by atoms with Gasteiger partial charge in [-0.05, 0) is 50.2 Å². The third kappa shape index (κ3) is 4.13. The number of carbonyl (C=O) groups excluding carboxylic acids is 1. The number of sulfonamides is 1. The number of benzene rings is 2. The molecule has 0 aliphatic carbocycles. The van der Waals surface area contributed by atoms with E-state index in [1.165, 1.54) is 31.2 Å². The third-order valence-electron chi connectivity index (χ3n) is 3.50. The number of rotatable bonds is 6. The highest BCUT2D eigenvalue weighted by Crippen LogP contribution is 2.30. The molecule has 0 amide bonds. The monoisotopic (exact) mass is 403 g/mol. The Hall–Kier alpha value is -2.19. The van der Waals surface area contributed by atoms with Gasteiger partial charge in [0.2, 0.25) is 0 Å². The number of halogens is 3. The molecule has 26 heavy (non-hydrogen) atoms. The lowest BCUT2D eigenvalue weighted by Crippen LogP contribution is -2.44. The first kappa shape index (κ1) is 20.1. The fourth-order valence-electron chi connectivity index (χ4n) is 2.28. The summed E-state index contributed by atoms with van der Waals surface area (Å²) < 4.78 is 59.4. The van der Waals surface area contributed by atoms with Crippen LogP contribution in [-0.4, -0.2) is 27.0 Å². The van der Waals surface area contributed by atoms with Gasteiger partial charge in [-0.15, -0.1) is 0 Å². The van der Waals surface area contributed by atoms with Gasteiger partial charge in [-0.25, -0.2) is 26.3 Å². The van der Waals surface area contributed by atoms with E-state index in [1.54, 1.807) is 6.92 Å². The van der Waals surface area contributed by atoms with Crippen molar-refractivity contribution in [1.82, 2.24) is 0 Å². The van der Waals surface area contributed by atoms with Gasteiger partial charge in [0, 0.05) is 11.1 Å². The molecule has 0 saturated carbocycles. The Labute approximate surface area is 155 Å². The minimum atomic E-state index is -4.41. The first-order valence-electron chi connectivity index (χ1n) is 7.60. The number of carbonyl (C=O) groups is 1. The number of anilines is 1. The number of nitrogens with zero attached hydrogens (tertiary/aromatic N) is 1. The molecule has 0 aromatic heterocycles. The van der Waals surface area contributed by atoms with Crippen LogP contribution in [0.4, 0.5) is 14.5 Å². The van der Waals surface area contributed by atoms with Crippen molar-refractivity contribution >= 4 is 33.3 Å². The Morgan fingerprint density at radius 1 is 1.19 bits per heavy atom. The van der Waals surface area contributed by atoms with E-state index in [2.05, 4.69) is 0 Å². The SMILES string of the molecule is CCOC(=O)[C@@H](C)N(c1cc(F)ccc1F)S(=O)(=O)c1ccc(Cl)cc1. The second-order valence-corrected chi connectivity index (χ2v) is 7.53. The van der Waals surface area contributed by atoms with Crippen molar-refractivity contribution in [3.8, 4) is 0 Å². The molecule has 0 unspecified atom stereocenters. The van der Waals surface area contributed by atoms with Gasteiger partial charge < -0.3 is 4.74 Å². The number of esters is 1. The Bertz CT molecular complexity index is 903. The molecule has 1 atom stereocenters. The Morgan fingerprint density at radius 3 is 2.38 bits per heavy atom. The van der Waals surface area contributed by atoms with Crippen LogP contribution in [0.15, 0.2) is 47.4 Å². The minimum Gasteiger partial charge on any atom is -0.464 e. The fourth-order valence-corrected chi connectivity index (χ4v) is 4.01. The zero-order valence-corrected chi connectivity index (χ0v) is 15.5. The highest BCUT2D eigenvalue weighted by molar-refractivity contribution is 7.93. The Kier molecular flexibility index (Phi) is 6.20. The quantitative estimate of drug-likeness (QED) is 0.689. The second-order valence-electron chi connectivity index (χ2n) is 5.28. The molecule has 2 aromatic carbocycles. The van der Waals surface area contributed by atoms with Crippen molar-refractivity contribution in [3.63, 3.8) is 0 Å². The van der Waals surface area contributed by atoms with E-state index in [0.29, 0.717) is 15.4 Å². The molecule has 0 bridgehead atoms. The zero-order chi connectivity index (χ0) is 19.5. The maximum atomic E-state index is 14.3. The van der Waals surface area contributed by atoms with Crippen LogP contribution in [-0.2, 0) is 19.6 Å². The minimum absolute atomic E-state index is 0.00361. The van der Waals surface area contributed by atoms with Crippen LogP contribution in [0, 0.1) is 11.6 Å². The lowest BCUT2D eigenvalue weighted by atomic mass is 10.2. The van der Waals surface area contributed by atoms with Crippen LogP contribution in [0.2, 0.25) is 5.02 Å². The van der Waals surface area contributed by atoms with E-state index in [9.17, 15) is 22.0 Å². The topological polar surface area (TPSA) is 63.7 Å². The molecule has 2 rings (SSSR count). The summed E-state index contributed by atoms with van der Waals surface area (Å²) in [6.45, 7) is 2.78. The Balaban J connectivity index is 2.65. The van der Waals surface area contributed by atoms with Crippen molar-refractivity contribution in [1.29, 1.82) is 0 Å². The van der Waals surface area contributed by atoms with Crippen molar-refractivity contribution in [2.45, 2.75) is 24.8 Å². The average Bonchev–Trinajstić information content (AvgIpc) is 2.58. The van der Waals surface area contributed by atoms with Crippen LogP contribution in [0.1, 0.15) is 13.8 Å². The molecule has 0 radical (unpaired) electrons. The van der Waals surface area contributed by atoms with E-state index in [0.717, 1.165) is 12.1 Å². The number of hydrogen-bond acceptors (Lipinski definition) is 4. The summed E-state index contributed by atoms with van der Waals surface area (Å²) in [7, 11) is -4.41. The molecule has 0 aliphatic heterocycles. The molecule has 0 spiro atoms. The molecule has 2 aromatic rings. The van der Waals surface area contributed by atoms with Gasteiger partial charge >= 0.3 is 5.97 Å². The number of hydrogen-bond donors (Lipinski definition) is 0. The van der Waals surface area contributed by atoms with E-state index >= 15 is 0 Å². The van der Waals surface area contributed by atoms with E-state index in [-0.39, 0.29) is 11.5 Å². The van der Waals surface area contributed by atoms with Gasteiger partial charge in [0.1, 0.15) is 17.7 Å². The lowest BCUT2D eigenvalue weighted by Gasteiger charge is -2.29. The maximum Gasteiger partial charge on any atom is 0.329 e. The zero-order valence-electron chi connectivity index (χ0n) is 13.9. The summed E-state index contributed by atoms with van der Waals surface area (Å²) in [6.07, 6.45) is 0. The summed E-state index contributed by atoms with van der Waals surface area (Å²) in [6, 6.07) is 6.01. The summed E-state index contributed by atoms with van der Waals surface area (Å²) in [4.78, 5) is 11.9. The van der Waals surface area contributed by atoms with Crippen molar-refractivity contribution in [2.24, 2.45) is 0 Å². The molecular formula is C17H16ClF2NO4S. The Morgan fingerprint density at radius 2 is 1.81 bits per heavy atom. The lowest BCUT2D eigenvalue weighted by molar-refractivity contribution is -0.144. The van der Waals surface area contributed by atoms with Gasteiger partial charge in [0.25, 0.3) is 10.0 Å². The molecule has 5 nitrogen and oxygen atoms in total. The van der Waals surface area contributed by atoms with Crippen LogP contribution < -0.4 is 4.31 Å². The molecule has 140 valence electrons. The van der Waals surface area contributed by atoms with Crippen molar-refractivity contribution < 1.29 is 26.7 Å². The van der Waals surface area contributed by atoms with E-state index in [1.807, 2.05) is 0 Å². The largest absolute Gasteiger partial charge is 0.464 e. The third-order valence-corrected chi connectivity index (χ3v) is 5.65. The maximum absolute atomic E-state index is 14.3. The molecular weight excluding hydrogens is 388 g/mol. The normalized spacial score (nSPS) is 12.5. The number of ether oxygens (including phenoxy) is 1. The highest BCUT2D eigenvalue weighted by Gasteiger charge is 2.36. The fraction of sp³-hybridized carbons (Fsp3) is 0.235.